The Balaban J connectivity index is 1.42. The molecule has 3 rings (SSSR count). The highest BCUT2D eigenvalue weighted by molar-refractivity contribution is 5.74. The molecule has 0 radical (unpaired) electrons. The summed E-state index contributed by atoms with van der Waals surface area (Å²) < 4.78 is 5.51. The van der Waals surface area contributed by atoms with Crippen LogP contribution >= 0.6 is 0 Å². The number of amides is 2. The van der Waals surface area contributed by atoms with Gasteiger partial charge in [-0.15, -0.1) is 0 Å². The monoisotopic (exact) mass is 337 g/mol. The third kappa shape index (κ3) is 4.85. The van der Waals surface area contributed by atoms with Crippen molar-refractivity contribution in [2.24, 2.45) is 5.92 Å². The molecular weight excluding hydrogens is 302 g/mol. The summed E-state index contributed by atoms with van der Waals surface area (Å²) in [5.74, 6) is 0.515. The van der Waals surface area contributed by atoms with Crippen LogP contribution in [0.1, 0.15) is 58.3 Å². The number of urea groups is 1. The zero-order valence-corrected chi connectivity index (χ0v) is 15.3. The van der Waals surface area contributed by atoms with Gasteiger partial charge in [0.2, 0.25) is 0 Å². The number of carbonyl (C=O) groups excluding carboxylic acids is 1. The van der Waals surface area contributed by atoms with Gasteiger partial charge in [-0.25, -0.2) is 4.79 Å². The van der Waals surface area contributed by atoms with Gasteiger partial charge in [-0.2, -0.15) is 0 Å². The van der Waals surface area contributed by atoms with E-state index in [1.165, 1.54) is 45.1 Å². The number of hydrogen-bond acceptors (Lipinski definition) is 3. The summed E-state index contributed by atoms with van der Waals surface area (Å²) in [4.78, 5) is 17.2. The first-order valence-electron chi connectivity index (χ1n) is 10.1. The molecule has 2 amide bonds. The molecule has 0 aromatic heterocycles. The molecule has 2 atom stereocenters. The molecule has 0 aromatic rings. The Hall–Kier alpha value is -0.810. The van der Waals surface area contributed by atoms with Crippen LogP contribution in [-0.2, 0) is 4.74 Å². The minimum atomic E-state index is 0.143. The second-order valence-corrected chi connectivity index (χ2v) is 7.84. The SMILES string of the molecule is CCOCC1CCN(C(=O)NC2CCCN(C3CCCCC3)C2)C1. The summed E-state index contributed by atoms with van der Waals surface area (Å²) >= 11 is 0. The van der Waals surface area contributed by atoms with Crippen LogP contribution in [0.15, 0.2) is 0 Å². The van der Waals surface area contributed by atoms with Crippen molar-refractivity contribution in [1.29, 1.82) is 0 Å². The van der Waals surface area contributed by atoms with Gasteiger partial charge in [-0.3, -0.25) is 4.90 Å². The molecule has 2 unspecified atom stereocenters. The quantitative estimate of drug-likeness (QED) is 0.839. The number of nitrogens with zero attached hydrogens (tertiary/aromatic N) is 2. The first-order chi connectivity index (χ1) is 11.8. The van der Waals surface area contributed by atoms with E-state index in [2.05, 4.69) is 10.2 Å². The van der Waals surface area contributed by atoms with Gasteiger partial charge >= 0.3 is 6.03 Å². The molecular formula is C19H35N3O2. The van der Waals surface area contributed by atoms with Gasteiger partial charge in [-0.05, 0) is 45.6 Å². The number of nitrogens with one attached hydrogen (secondary N) is 1. The van der Waals surface area contributed by atoms with Crippen molar-refractivity contribution in [2.45, 2.75) is 70.4 Å². The lowest BCUT2D eigenvalue weighted by molar-refractivity contribution is 0.106. The summed E-state index contributed by atoms with van der Waals surface area (Å²) in [6.07, 6.45) is 10.3. The fourth-order valence-electron chi connectivity index (χ4n) is 4.61. The van der Waals surface area contributed by atoms with Crippen LogP contribution in [0.3, 0.4) is 0 Å². The molecule has 2 saturated heterocycles. The molecule has 3 fully saturated rings. The lowest BCUT2D eigenvalue weighted by Crippen LogP contribution is -2.53. The maximum Gasteiger partial charge on any atom is 0.317 e. The summed E-state index contributed by atoms with van der Waals surface area (Å²) in [6, 6.07) is 1.24. The largest absolute Gasteiger partial charge is 0.381 e. The molecule has 1 saturated carbocycles. The van der Waals surface area contributed by atoms with Crippen molar-refractivity contribution in [1.82, 2.24) is 15.1 Å². The molecule has 5 nitrogen and oxygen atoms in total. The standard InChI is InChI=1S/C19H35N3O2/c1-2-24-15-16-10-12-22(13-16)19(23)20-17-7-6-11-21(14-17)18-8-4-3-5-9-18/h16-18H,2-15H2,1H3,(H,20,23). The molecule has 2 heterocycles. The molecule has 3 aliphatic rings. The Bertz CT molecular complexity index is 398. The van der Waals surface area contributed by atoms with Crippen molar-refractivity contribution in [3.05, 3.63) is 0 Å². The van der Waals surface area contributed by atoms with Crippen LogP contribution in [0.25, 0.3) is 0 Å². The third-order valence-electron chi connectivity index (χ3n) is 6.00. The molecule has 2 aliphatic heterocycles. The van der Waals surface area contributed by atoms with Crippen LogP contribution in [0, 0.1) is 5.92 Å². The zero-order chi connectivity index (χ0) is 16.8. The normalized spacial score (nSPS) is 29.8. The molecule has 1 aliphatic carbocycles. The van der Waals surface area contributed by atoms with E-state index in [-0.39, 0.29) is 6.03 Å². The molecule has 138 valence electrons. The summed E-state index contributed by atoms with van der Waals surface area (Å²) in [5.41, 5.74) is 0. The van der Waals surface area contributed by atoms with Gasteiger partial charge in [0.05, 0.1) is 6.61 Å². The molecule has 1 N–H and O–H groups in total. The van der Waals surface area contributed by atoms with Gasteiger partial charge in [0, 0.05) is 44.2 Å². The van der Waals surface area contributed by atoms with E-state index in [4.69, 9.17) is 4.74 Å². The Labute approximate surface area is 147 Å². The van der Waals surface area contributed by atoms with Crippen molar-refractivity contribution in [3.8, 4) is 0 Å². The first kappa shape index (κ1) is 18.0. The lowest BCUT2D eigenvalue weighted by atomic mass is 9.92. The zero-order valence-electron chi connectivity index (χ0n) is 15.3. The van der Waals surface area contributed by atoms with Gasteiger partial charge in [0.1, 0.15) is 0 Å². The van der Waals surface area contributed by atoms with Crippen molar-refractivity contribution in [2.75, 3.05) is 39.4 Å². The molecule has 0 aromatic carbocycles. The smallest absolute Gasteiger partial charge is 0.317 e. The molecule has 0 spiro atoms. The highest BCUT2D eigenvalue weighted by atomic mass is 16.5. The Morgan fingerprint density at radius 1 is 1.04 bits per heavy atom. The second kappa shape index (κ2) is 9.04. The van der Waals surface area contributed by atoms with Crippen molar-refractivity contribution < 1.29 is 9.53 Å². The minimum absolute atomic E-state index is 0.143. The maximum atomic E-state index is 12.6. The highest BCUT2D eigenvalue weighted by Gasteiger charge is 2.31. The number of likely N-dealkylation sites (tertiary alicyclic amines) is 2. The van der Waals surface area contributed by atoms with E-state index in [1.54, 1.807) is 0 Å². The number of piperidine rings is 1. The van der Waals surface area contributed by atoms with E-state index >= 15 is 0 Å². The number of ether oxygens (including phenoxy) is 1. The van der Waals surface area contributed by atoms with Gasteiger partial charge < -0.3 is 15.0 Å². The van der Waals surface area contributed by atoms with E-state index in [0.717, 1.165) is 51.7 Å². The van der Waals surface area contributed by atoms with Gasteiger partial charge in [-0.1, -0.05) is 19.3 Å². The van der Waals surface area contributed by atoms with Crippen molar-refractivity contribution in [3.63, 3.8) is 0 Å². The lowest BCUT2D eigenvalue weighted by Gasteiger charge is -2.40. The average molecular weight is 338 g/mol. The van der Waals surface area contributed by atoms with Crippen molar-refractivity contribution >= 4 is 6.03 Å². The van der Waals surface area contributed by atoms with E-state index in [9.17, 15) is 4.79 Å². The molecule has 5 heteroatoms. The molecule has 24 heavy (non-hydrogen) atoms. The summed E-state index contributed by atoms with van der Waals surface area (Å²) in [6.45, 7) is 7.58. The van der Waals surface area contributed by atoms with Crippen LogP contribution in [0.4, 0.5) is 4.79 Å². The Morgan fingerprint density at radius 2 is 1.88 bits per heavy atom. The summed E-state index contributed by atoms with van der Waals surface area (Å²) in [5, 5.41) is 3.31. The number of hydrogen-bond donors (Lipinski definition) is 1. The van der Waals surface area contributed by atoms with Gasteiger partial charge in [0.25, 0.3) is 0 Å². The predicted octanol–water partition coefficient (Wildman–Crippen LogP) is 2.85. The van der Waals surface area contributed by atoms with Crippen LogP contribution < -0.4 is 5.32 Å². The highest BCUT2D eigenvalue weighted by Crippen LogP contribution is 2.25. The molecule has 0 bridgehead atoms. The average Bonchev–Trinajstić information content (AvgIpc) is 3.10. The predicted molar refractivity (Wildman–Crippen MR) is 96.2 cm³/mol. The number of carbonyl (C=O) groups is 1. The summed E-state index contributed by atoms with van der Waals surface area (Å²) in [7, 11) is 0. The topological polar surface area (TPSA) is 44.8 Å². The van der Waals surface area contributed by atoms with Crippen LogP contribution in [0.5, 0.6) is 0 Å². The second-order valence-electron chi connectivity index (χ2n) is 7.84. The van der Waals surface area contributed by atoms with Gasteiger partial charge in [0.15, 0.2) is 0 Å². The van der Waals surface area contributed by atoms with Crippen LogP contribution in [-0.4, -0.2) is 67.3 Å². The Kier molecular flexibility index (Phi) is 6.78. The van der Waals surface area contributed by atoms with E-state index in [0.29, 0.717) is 12.0 Å². The fraction of sp³-hybridized carbons (Fsp3) is 0.947. The van der Waals surface area contributed by atoms with Crippen LogP contribution in [0.2, 0.25) is 0 Å². The third-order valence-corrected chi connectivity index (χ3v) is 6.00. The minimum Gasteiger partial charge on any atom is -0.381 e. The number of rotatable bonds is 5. The van der Waals surface area contributed by atoms with E-state index in [1.807, 2.05) is 11.8 Å². The fourth-order valence-corrected chi connectivity index (χ4v) is 4.61. The van der Waals surface area contributed by atoms with E-state index < -0.39 is 0 Å². The first-order valence-corrected chi connectivity index (χ1v) is 10.1. The maximum absolute atomic E-state index is 12.6. The Morgan fingerprint density at radius 3 is 2.67 bits per heavy atom.